The van der Waals surface area contributed by atoms with Gasteiger partial charge >= 0.3 is 0 Å². The third-order valence-corrected chi connectivity index (χ3v) is 4.55. The quantitative estimate of drug-likeness (QED) is 0.804. The van der Waals surface area contributed by atoms with Crippen LogP contribution < -0.4 is 5.32 Å². The highest BCUT2D eigenvalue weighted by molar-refractivity contribution is 7.10. The summed E-state index contributed by atoms with van der Waals surface area (Å²) in [6, 6.07) is 3.96. The predicted molar refractivity (Wildman–Crippen MR) is 77.8 cm³/mol. The molecule has 1 amide bonds. The molecule has 0 bridgehead atoms. The molecule has 0 aliphatic carbocycles. The Balaban J connectivity index is 1.65. The van der Waals surface area contributed by atoms with E-state index in [9.17, 15) is 4.79 Å². The zero-order valence-corrected chi connectivity index (χ0v) is 12.3. The van der Waals surface area contributed by atoms with Gasteiger partial charge in [-0.3, -0.25) is 4.79 Å². The van der Waals surface area contributed by atoms with Crippen LogP contribution in [0.5, 0.6) is 0 Å². The minimum atomic E-state index is -0.129. The summed E-state index contributed by atoms with van der Waals surface area (Å²) in [6.07, 6.45) is 3.35. The van der Waals surface area contributed by atoms with Crippen LogP contribution in [0.15, 0.2) is 34.5 Å². The Morgan fingerprint density at radius 1 is 1.45 bits per heavy atom. The molecular formula is C13H11N3O2S2. The van der Waals surface area contributed by atoms with Gasteiger partial charge < -0.3 is 9.73 Å². The van der Waals surface area contributed by atoms with Crippen molar-refractivity contribution in [1.82, 2.24) is 14.9 Å². The number of furan rings is 1. The van der Waals surface area contributed by atoms with E-state index < -0.39 is 0 Å². The van der Waals surface area contributed by atoms with Gasteiger partial charge in [-0.2, -0.15) is 0 Å². The Morgan fingerprint density at radius 3 is 3.05 bits per heavy atom. The Kier molecular flexibility index (Phi) is 3.62. The van der Waals surface area contributed by atoms with E-state index in [1.165, 1.54) is 0 Å². The van der Waals surface area contributed by atoms with Gasteiger partial charge in [-0.25, -0.2) is 0 Å². The highest BCUT2D eigenvalue weighted by atomic mass is 32.1. The summed E-state index contributed by atoms with van der Waals surface area (Å²) in [6.45, 7) is 2.28. The SMILES string of the molecule is Cc1nnsc1C(=O)NCc1cc(-c2ccoc2)cs1. The maximum Gasteiger partial charge on any atom is 0.265 e. The first-order chi connectivity index (χ1) is 9.74. The molecule has 0 aliphatic heterocycles. The van der Waals surface area contributed by atoms with Crippen molar-refractivity contribution in [2.24, 2.45) is 0 Å². The number of rotatable bonds is 4. The van der Waals surface area contributed by atoms with Crippen molar-refractivity contribution in [2.75, 3.05) is 0 Å². The van der Waals surface area contributed by atoms with Gasteiger partial charge in [0.1, 0.15) is 4.88 Å². The van der Waals surface area contributed by atoms with Crippen molar-refractivity contribution in [3.8, 4) is 11.1 Å². The lowest BCUT2D eigenvalue weighted by molar-refractivity contribution is 0.0954. The first-order valence-corrected chi connectivity index (χ1v) is 7.56. The van der Waals surface area contributed by atoms with Gasteiger partial charge in [-0.1, -0.05) is 4.49 Å². The fourth-order valence-corrected chi connectivity index (χ4v) is 3.15. The van der Waals surface area contributed by atoms with E-state index in [2.05, 4.69) is 14.9 Å². The number of hydrogen-bond donors (Lipinski definition) is 1. The number of nitrogens with zero attached hydrogens (tertiary/aromatic N) is 2. The predicted octanol–water partition coefficient (Wildman–Crippen LogP) is 3.10. The summed E-state index contributed by atoms with van der Waals surface area (Å²) in [5.41, 5.74) is 2.81. The van der Waals surface area contributed by atoms with Crippen LogP contribution in [0.4, 0.5) is 0 Å². The minimum absolute atomic E-state index is 0.129. The molecule has 0 fully saturated rings. The summed E-state index contributed by atoms with van der Waals surface area (Å²) in [7, 11) is 0. The molecule has 3 heterocycles. The van der Waals surface area contributed by atoms with Crippen molar-refractivity contribution >= 4 is 28.8 Å². The zero-order chi connectivity index (χ0) is 13.9. The molecule has 5 nitrogen and oxygen atoms in total. The third kappa shape index (κ3) is 2.63. The van der Waals surface area contributed by atoms with Crippen molar-refractivity contribution in [1.29, 1.82) is 0 Å². The Labute approximate surface area is 123 Å². The first kappa shape index (κ1) is 13.0. The Morgan fingerprint density at radius 2 is 2.35 bits per heavy atom. The van der Waals surface area contributed by atoms with Gasteiger partial charge in [-0.05, 0) is 41.5 Å². The van der Waals surface area contributed by atoms with Crippen LogP contribution in [-0.4, -0.2) is 15.5 Å². The second-order valence-corrected chi connectivity index (χ2v) is 5.93. The second kappa shape index (κ2) is 5.56. The van der Waals surface area contributed by atoms with Gasteiger partial charge in [0.25, 0.3) is 5.91 Å². The van der Waals surface area contributed by atoms with Crippen LogP contribution in [0.25, 0.3) is 11.1 Å². The average Bonchev–Trinajstić information content (AvgIpc) is 3.16. The molecule has 3 aromatic rings. The number of aromatic nitrogens is 2. The number of amides is 1. The molecule has 0 atom stereocenters. The van der Waals surface area contributed by atoms with E-state index in [1.54, 1.807) is 30.8 Å². The number of carbonyl (C=O) groups excluding carboxylic acids is 1. The maximum absolute atomic E-state index is 11.9. The molecule has 0 radical (unpaired) electrons. The largest absolute Gasteiger partial charge is 0.472 e. The number of aryl methyl sites for hydroxylation is 1. The average molecular weight is 305 g/mol. The molecule has 3 rings (SSSR count). The fraction of sp³-hybridized carbons (Fsp3) is 0.154. The van der Waals surface area contributed by atoms with E-state index >= 15 is 0 Å². The summed E-state index contributed by atoms with van der Waals surface area (Å²) >= 11 is 2.72. The lowest BCUT2D eigenvalue weighted by Crippen LogP contribution is -2.22. The summed E-state index contributed by atoms with van der Waals surface area (Å²) in [5.74, 6) is -0.129. The number of hydrogen-bond acceptors (Lipinski definition) is 6. The van der Waals surface area contributed by atoms with E-state index in [0.717, 1.165) is 27.5 Å². The molecule has 0 aliphatic rings. The lowest BCUT2D eigenvalue weighted by Gasteiger charge is -2.00. The first-order valence-electron chi connectivity index (χ1n) is 5.91. The van der Waals surface area contributed by atoms with Gasteiger partial charge in [0.05, 0.1) is 24.8 Å². The highest BCUT2D eigenvalue weighted by Gasteiger charge is 2.13. The van der Waals surface area contributed by atoms with Gasteiger partial charge in [0, 0.05) is 10.4 Å². The van der Waals surface area contributed by atoms with Crippen LogP contribution in [0, 0.1) is 6.92 Å². The number of carbonyl (C=O) groups is 1. The molecule has 102 valence electrons. The van der Waals surface area contributed by atoms with Gasteiger partial charge in [0.15, 0.2) is 0 Å². The Bertz CT molecular complexity index is 716. The van der Waals surface area contributed by atoms with Crippen molar-refractivity contribution in [3.63, 3.8) is 0 Å². The maximum atomic E-state index is 11.9. The van der Waals surface area contributed by atoms with Gasteiger partial charge in [0.2, 0.25) is 0 Å². The monoisotopic (exact) mass is 305 g/mol. The zero-order valence-electron chi connectivity index (χ0n) is 10.6. The molecule has 3 aromatic heterocycles. The molecule has 7 heteroatoms. The summed E-state index contributed by atoms with van der Waals surface area (Å²) < 4.78 is 8.82. The molecule has 0 saturated carbocycles. The molecule has 0 aromatic carbocycles. The molecule has 0 saturated heterocycles. The van der Waals surface area contributed by atoms with Gasteiger partial charge in [-0.15, -0.1) is 16.4 Å². The van der Waals surface area contributed by atoms with Crippen LogP contribution in [0.1, 0.15) is 20.2 Å². The van der Waals surface area contributed by atoms with E-state index in [4.69, 9.17) is 4.42 Å². The topological polar surface area (TPSA) is 68.0 Å². The Hall–Kier alpha value is -1.99. The fourth-order valence-electron chi connectivity index (χ4n) is 1.74. The number of thiophene rings is 1. The molecule has 20 heavy (non-hydrogen) atoms. The molecular weight excluding hydrogens is 294 g/mol. The number of nitrogens with one attached hydrogen (secondary N) is 1. The van der Waals surface area contributed by atoms with Crippen molar-refractivity contribution in [3.05, 3.63) is 45.5 Å². The molecule has 0 spiro atoms. The summed E-state index contributed by atoms with van der Waals surface area (Å²) in [5, 5.41) is 8.76. The smallest absolute Gasteiger partial charge is 0.265 e. The van der Waals surface area contributed by atoms with E-state index in [1.807, 2.05) is 17.5 Å². The summed E-state index contributed by atoms with van der Waals surface area (Å²) in [4.78, 5) is 13.6. The molecule has 0 unspecified atom stereocenters. The van der Waals surface area contributed by atoms with Crippen LogP contribution in [0.3, 0.4) is 0 Å². The van der Waals surface area contributed by atoms with Crippen LogP contribution in [-0.2, 0) is 6.54 Å². The third-order valence-electron chi connectivity index (χ3n) is 2.79. The lowest BCUT2D eigenvalue weighted by atomic mass is 10.2. The van der Waals surface area contributed by atoms with Crippen LogP contribution in [0.2, 0.25) is 0 Å². The van der Waals surface area contributed by atoms with E-state index in [-0.39, 0.29) is 5.91 Å². The second-order valence-electron chi connectivity index (χ2n) is 4.18. The minimum Gasteiger partial charge on any atom is -0.472 e. The van der Waals surface area contributed by atoms with Crippen LogP contribution >= 0.6 is 22.9 Å². The highest BCUT2D eigenvalue weighted by Crippen LogP contribution is 2.25. The van der Waals surface area contributed by atoms with Crippen molar-refractivity contribution in [2.45, 2.75) is 13.5 Å². The molecule has 1 N–H and O–H groups in total. The normalized spacial score (nSPS) is 10.7. The van der Waals surface area contributed by atoms with E-state index in [0.29, 0.717) is 17.1 Å². The van der Waals surface area contributed by atoms with Crippen molar-refractivity contribution < 1.29 is 9.21 Å². The standard InChI is InChI=1S/C13H11N3O2S2/c1-8-12(20-16-15-8)13(17)14-5-11-4-10(7-19-11)9-2-3-18-6-9/h2-4,6-7H,5H2,1H3,(H,14,17).